The summed E-state index contributed by atoms with van der Waals surface area (Å²) in [4.78, 5) is 26.6. The van der Waals surface area contributed by atoms with Crippen LogP contribution in [0.25, 0.3) is 0 Å². The van der Waals surface area contributed by atoms with Gasteiger partial charge in [-0.2, -0.15) is 0 Å². The second-order valence-electron chi connectivity index (χ2n) is 7.09. The Hall–Kier alpha value is -2.37. The molecule has 0 atom stereocenters. The van der Waals surface area contributed by atoms with Gasteiger partial charge in [0.15, 0.2) is 0 Å². The molecule has 1 saturated heterocycles. The molecule has 28 heavy (non-hydrogen) atoms. The van der Waals surface area contributed by atoms with E-state index < -0.39 is 0 Å². The van der Waals surface area contributed by atoms with Gasteiger partial charge in [0.05, 0.1) is 17.1 Å². The van der Waals surface area contributed by atoms with Gasteiger partial charge < -0.3 is 10.6 Å². The quantitative estimate of drug-likeness (QED) is 0.750. The standard InChI is InChI=1S/C22H26ClN3O2/c23-20-7-3-2-6-19(20)22(28)25-15-21(27)24-14-17-8-10-18(11-9-17)16-26-12-4-1-5-13-26/h2-3,6-11H,1,4-5,12-16H2,(H,24,27)(H,25,28). The summed E-state index contributed by atoms with van der Waals surface area (Å²) in [7, 11) is 0. The first-order chi connectivity index (χ1) is 13.6. The van der Waals surface area contributed by atoms with Crippen LogP contribution in [0.15, 0.2) is 48.5 Å². The summed E-state index contributed by atoms with van der Waals surface area (Å²) in [5, 5.41) is 5.78. The molecule has 1 fully saturated rings. The minimum Gasteiger partial charge on any atom is -0.350 e. The lowest BCUT2D eigenvalue weighted by molar-refractivity contribution is -0.120. The molecule has 0 unspecified atom stereocenters. The minimum atomic E-state index is -0.359. The highest BCUT2D eigenvalue weighted by Gasteiger charge is 2.12. The van der Waals surface area contributed by atoms with Crippen LogP contribution >= 0.6 is 11.6 Å². The predicted octanol–water partition coefficient (Wildman–Crippen LogP) is 3.37. The molecule has 0 aliphatic carbocycles. The number of nitrogens with one attached hydrogen (secondary N) is 2. The summed E-state index contributed by atoms with van der Waals surface area (Å²) in [5.74, 6) is -0.597. The lowest BCUT2D eigenvalue weighted by atomic mass is 10.1. The maximum atomic E-state index is 12.1. The fourth-order valence-electron chi connectivity index (χ4n) is 3.30. The first-order valence-electron chi connectivity index (χ1n) is 9.71. The number of likely N-dealkylation sites (tertiary alicyclic amines) is 1. The van der Waals surface area contributed by atoms with Crippen molar-refractivity contribution in [1.82, 2.24) is 15.5 Å². The van der Waals surface area contributed by atoms with E-state index in [-0.39, 0.29) is 18.4 Å². The third-order valence-corrected chi connectivity index (χ3v) is 5.23. The summed E-state index contributed by atoms with van der Waals surface area (Å²) in [6.07, 6.45) is 3.92. The highest BCUT2D eigenvalue weighted by Crippen LogP contribution is 2.15. The van der Waals surface area contributed by atoms with Gasteiger partial charge in [0.25, 0.3) is 5.91 Å². The van der Waals surface area contributed by atoms with E-state index in [0.29, 0.717) is 17.1 Å². The molecule has 6 heteroatoms. The fourth-order valence-corrected chi connectivity index (χ4v) is 3.52. The van der Waals surface area contributed by atoms with Crippen LogP contribution in [0.2, 0.25) is 5.02 Å². The first-order valence-corrected chi connectivity index (χ1v) is 10.1. The van der Waals surface area contributed by atoms with Gasteiger partial charge in [0.2, 0.25) is 5.91 Å². The van der Waals surface area contributed by atoms with Crippen LogP contribution in [0.5, 0.6) is 0 Å². The van der Waals surface area contributed by atoms with Gasteiger partial charge in [-0.05, 0) is 49.2 Å². The number of carbonyl (C=O) groups is 2. The van der Waals surface area contributed by atoms with Crippen molar-refractivity contribution in [2.75, 3.05) is 19.6 Å². The molecule has 2 aromatic carbocycles. The smallest absolute Gasteiger partial charge is 0.253 e. The molecule has 0 radical (unpaired) electrons. The Balaban J connectivity index is 1.40. The Kier molecular flexibility index (Phi) is 7.46. The summed E-state index contributed by atoms with van der Waals surface area (Å²) in [6.45, 7) is 3.69. The number of piperidine rings is 1. The topological polar surface area (TPSA) is 61.4 Å². The van der Waals surface area contributed by atoms with Crippen LogP contribution in [0.1, 0.15) is 40.7 Å². The number of hydrogen-bond acceptors (Lipinski definition) is 3. The minimum absolute atomic E-state index is 0.0862. The van der Waals surface area contributed by atoms with Crippen molar-refractivity contribution in [2.24, 2.45) is 0 Å². The highest BCUT2D eigenvalue weighted by atomic mass is 35.5. The molecule has 0 bridgehead atoms. The van der Waals surface area contributed by atoms with E-state index in [2.05, 4.69) is 27.7 Å². The summed E-state index contributed by atoms with van der Waals surface area (Å²) < 4.78 is 0. The van der Waals surface area contributed by atoms with E-state index in [1.165, 1.54) is 37.9 Å². The third-order valence-electron chi connectivity index (χ3n) is 4.90. The zero-order valence-electron chi connectivity index (χ0n) is 15.9. The molecule has 3 rings (SSSR count). The first kappa shape index (κ1) is 20.4. The van der Waals surface area contributed by atoms with Crippen LogP contribution in [0, 0.1) is 0 Å². The average Bonchev–Trinajstić information content (AvgIpc) is 2.72. The van der Waals surface area contributed by atoms with E-state index in [1.807, 2.05) is 12.1 Å². The molecule has 2 amide bonds. The lowest BCUT2D eigenvalue weighted by Gasteiger charge is -2.26. The van der Waals surface area contributed by atoms with Crippen molar-refractivity contribution in [2.45, 2.75) is 32.4 Å². The van der Waals surface area contributed by atoms with Crippen molar-refractivity contribution < 1.29 is 9.59 Å². The van der Waals surface area contributed by atoms with Crippen molar-refractivity contribution in [3.05, 3.63) is 70.2 Å². The largest absolute Gasteiger partial charge is 0.350 e. The normalized spacial score (nSPS) is 14.5. The molecule has 5 nitrogen and oxygen atoms in total. The van der Waals surface area contributed by atoms with Gasteiger partial charge in [-0.3, -0.25) is 14.5 Å². The molecular weight excluding hydrogens is 374 g/mol. The molecule has 2 aromatic rings. The van der Waals surface area contributed by atoms with E-state index in [0.717, 1.165) is 12.1 Å². The van der Waals surface area contributed by atoms with Crippen LogP contribution in [-0.2, 0) is 17.9 Å². The second-order valence-corrected chi connectivity index (χ2v) is 7.50. The molecule has 0 saturated carbocycles. The Morgan fingerprint density at radius 2 is 1.57 bits per heavy atom. The zero-order chi connectivity index (χ0) is 19.8. The lowest BCUT2D eigenvalue weighted by Crippen LogP contribution is -2.36. The fraction of sp³-hybridized carbons (Fsp3) is 0.364. The van der Waals surface area contributed by atoms with Crippen LogP contribution in [0.3, 0.4) is 0 Å². The maximum Gasteiger partial charge on any atom is 0.253 e. The van der Waals surface area contributed by atoms with Crippen molar-refractivity contribution in [3.63, 3.8) is 0 Å². The maximum absolute atomic E-state index is 12.1. The number of nitrogens with zero attached hydrogens (tertiary/aromatic N) is 1. The van der Waals surface area contributed by atoms with Gasteiger partial charge in [-0.25, -0.2) is 0 Å². The SMILES string of the molecule is O=C(CNC(=O)c1ccccc1Cl)NCc1ccc(CN2CCCCC2)cc1. The van der Waals surface area contributed by atoms with E-state index in [1.54, 1.807) is 24.3 Å². The van der Waals surface area contributed by atoms with E-state index in [4.69, 9.17) is 11.6 Å². The molecular formula is C22H26ClN3O2. The van der Waals surface area contributed by atoms with Gasteiger partial charge in [-0.1, -0.05) is 54.4 Å². The van der Waals surface area contributed by atoms with Gasteiger partial charge in [-0.15, -0.1) is 0 Å². The number of halogens is 1. The number of amides is 2. The van der Waals surface area contributed by atoms with Crippen molar-refractivity contribution in [1.29, 1.82) is 0 Å². The molecule has 0 spiro atoms. The molecule has 1 heterocycles. The number of benzene rings is 2. The summed E-state index contributed by atoms with van der Waals surface area (Å²) >= 11 is 5.99. The second kappa shape index (κ2) is 10.2. The predicted molar refractivity (Wildman–Crippen MR) is 111 cm³/mol. The van der Waals surface area contributed by atoms with Gasteiger partial charge in [0.1, 0.15) is 0 Å². The molecule has 1 aliphatic heterocycles. The Morgan fingerprint density at radius 1 is 0.893 bits per heavy atom. The zero-order valence-corrected chi connectivity index (χ0v) is 16.7. The molecule has 148 valence electrons. The molecule has 1 aliphatic rings. The van der Waals surface area contributed by atoms with E-state index >= 15 is 0 Å². The van der Waals surface area contributed by atoms with Crippen molar-refractivity contribution in [3.8, 4) is 0 Å². The van der Waals surface area contributed by atoms with Gasteiger partial charge in [0, 0.05) is 13.1 Å². The summed E-state index contributed by atoms with van der Waals surface area (Å²) in [6, 6.07) is 15.1. The summed E-state index contributed by atoms with van der Waals surface area (Å²) in [5.41, 5.74) is 2.69. The molecule has 2 N–H and O–H groups in total. The van der Waals surface area contributed by atoms with E-state index in [9.17, 15) is 9.59 Å². The third kappa shape index (κ3) is 6.08. The Labute approximate surface area is 171 Å². The monoisotopic (exact) mass is 399 g/mol. The number of hydrogen-bond donors (Lipinski definition) is 2. The van der Waals surface area contributed by atoms with Crippen LogP contribution in [-0.4, -0.2) is 36.3 Å². The Bertz CT molecular complexity index is 802. The van der Waals surface area contributed by atoms with Gasteiger partial charge >= 0.3 is 0 Å². The highest BCUT2D eigenvalue weighted by molar-refractivity contribution is 6.33. The molecule has 0 aromatic heterocycles. The van der Waals surface area contributed by atoms with Crippen LogP contribution in [0.4, 0.5) is 0 Å². The number of carbonyl (C=O) groups excluding carboxylic acids is 2. The Morgan fingerprint density at radius 3 is 2.29 bits per heavy atom. The van der Waals surface area contributed by atoms with Crippen LogP contribution < -0.4 is 10.6 Å². The average molecular weight is 400 g/mol. The van der Waals surface area contributed by atoms with Crippen molar-refractivity contribution >= 4 is 23.4 Å². The number of rotatable bonds is 7.